The van der Waals surface area contributed by atoms with Gasteiger partial charge in [-0.2, -0.15) is 0 Å². The highest BCUT2D eigenvalue weighted by atomic mass is 16.5. The average Bonchev–Trinajstić information content (AvgIpc) is 2.77. The van der Waals surface area contributed by atoms with Gasteiger partial charge in [-0.25, -0.2) is 0 Å². The van der Waals surface area contributed by atoms with Gasteiger partial charge in [0.15, 0.2) is 5.96 Å². The number of likely N-dealkylation sites (tertiary alicyclic amines) is 1. The van der Waals surface area contributed by atoms with Crippen molar-refractivity contribution in [3.8, 4) is 0 Å². The van der Waals surface area contributed by atoms with Gasteiger partial charge in [-0.1, -0.05) is 51.1 Å². The Morgan fingerprint density at radius 3 is 2.44 bits per heavy atom. The molecule has 1 heterocycles. The summed E-state index contributed by atoms with van der Waals surface area (Å²) in [4.78, 5) is 19.0. The van der Waals surface area contributed by atoms with Gasteiger partial charge in [0.2, 0.25) is 5.91 Å². The summed E-state index contributed by atoms with van der Waals surface area (Å²) in [6.07, 6.45) is 3.46. The van der Waals surface area contributed by atoms with Crippen molar-refractivity contribution in [2.75, 3.05) is 45.9 Å². The summed E-state index contributed by atoms with van der Waals surface area (Å²) >= 11 is 0. The fourth-order valence-corrected chi connectivity index (χ4v) is 3.54. The Balaban J connectivity index is 1.57. The number of carbonyl (C=O) groups is 1. The summed E-state index contributed by atoms with van der Waals surface area (Å²) in [5, 5.41) is 9.46. The minimum absolute atomic E-state index is 0.0595. The van der Waals surface area contributed by atoms with Crippen LogP contribution in [0.3, 0.4) is 0 Å². The normalized spacial score (nSPS) is 16.1. The standard InChI is InChI=1S/C25H43N5O2/c1-5-26-24(29-16-15-27-23(31)25(2,3)4)28-14-9-19-32-22-12-17-30(18-13-22)20-21-10-7-6-8-11-21/h6-8,10-11,22H,5,9,12-20H2,1-4H3,(H,27,31)(H2,26,28,29). The van der Waals surface area contributed by atoms with Gasteiger partial charge in [-0.3, -0.25) is 14.7 Å². The summed E-state index contributed by atoms with van der Waals surface area (Å²) in [7, 11) is 0. The Labute approximate surface area is 194 Å². The number of guanidine groups is 1. The van der Waals surface area contributed by atoms with Crippen LogP contribution in [0.4, 0.5) is 0 Å². The molecule has 0 aromatic heterocycles. The second-order valence-corrected chi connectivity index (χ2v) is 9.38. The molecule has 1 fully saturated rings. The molecule has 1 amide bonds. The van der Waals surface area contributed by atoms with E-state index in [0.717, 1.165) is 64.6 Å². The van der Waals surface area contributed by atoms with Gasteiger partial charge in [-0.05, 0) is 31.7 Å². The molecule has 1 aromatic carbocycles. The lowest BCUT2D eigenvalue weighted by Gasteiger charge is -2.31. The van der Waals surface area contributed by atoms with Crippen molar-refractivity contribution >= 4 is 11.9 Å². The zero-order valence-corrected chi connectivity index (χ0v) is 20.5. The molecule has 32 heavy (non-hydrogen) atoms. The van der Waals surface area contributed by atoms with E-state index in [1.807, 2.05) is 27.7 Å². The van der Waals surface area contributed by atoms with Crippen molar-refractivity contribution in [2.45, 2.75) is 59.6 Å². The number of nitrogens with zero attached hydrogens (tertiary/aromatic N) is 2. The minimum Gasteiger partial charge on any atom is -0.378 e. The third-order valence-electron chi connectivity index (χ3n) is 5.44. The number of carbonyl (C=O) groups excluding carboxylic acids is 1. The van der Waals surface area contributed by atoms with Crippen LogP contribution in [0, 0.1) is 5.41 Å². The van der Waals surface area contributed by atoms with Crippen LogP contribution in [0.5, 0.6) is 0 Å². The average molecular weight is 446 g/mol. The Morgan fingerprint density at radius 2 is 1.78 bits per heavy atom. The van der Waals surface area contributed by atoms with Crippen molar-refractivity contribution in [2.24, 2.45) is 10.4 Å². The molecule has 1 aliphatic heterocycles. The molecule has 0 atom stereocenters. The van der Waals surface area contributed by atoms with Gasteiger partial charge in [0, 0.05) is 57.8 Å². The molecule has 0 bridgehead atoms. The van der Waals surface area contributed by atoms with E-state index >= 15 is 0 Å². The molecule has 180 valence electrons. The van der Waals surface area contributed by atoms with Crippen LogP contribution in [-0.4, -0.2) is 68.7 Å². The van der Waals surface area contributed by atoms with Crippen molar-refractivity contribution in [1.29, 1.82) is 0 Å². The van der Waals surface area contributed by atoms with E-state index in [1.54, 1.807) is 0 Å². The van der Waals surface area contributed by atoms with Crippen LogP contribution >= 0.6 is 0 Å². The van der Waals surface area contributed by atoms with Gasteiger partial charge in [0.05, 0.1) is 6.10 Å². The van der Waals surface area contributed by atoms with Crippen LogP contribution in [-0.2, 0) is 16.1 Å². The quantitative estimate of drug-likeness (QED) is 0.277. The number of hydrogen-bond donors (Lipinski definition) is 3. The number of rotatable bonds is 11. The number of hydrogen-bond acceptors (Lipinski definition) is 4. The third kappa shape index (κ3) is 10.5. The first-order valence-corrected chi connectivity index (χ1v) is 12.1. The predicted octanol–water partition coefficient (Wildman–Crippen LogP) is 2.78. The fraction of sp³-hybridized carbons (Fsp3) is 0.680. The van der Waals surface area contributed by atoms with Gasteiger partial charge < -0.3 is 20.7 Å². The second-order valence-electron chi connectivity index (χ2n) is 9.38. The summed E-state index contributed by atoms with van der Waals surface area (Å²) < 4.78 is 6.10. The maximum absolute atomic E-state index is 11.9. The molecular formula is C25H43N5O2. The number of ether oxygens (including phenoxy) is 1. The van der Waals surface area contributed by atoms with Crippen molar-refractivity contribution in [3.05, 3.63) is 35.9 Å². The summed E-state index contributed by atoms with van der Waals surface area (Å²) in [5.41, 5.74) is 1.02. The van der Waals surface area contributed by atoms with Crippen molar-refractivity contribution in [3.63, 3.8) is 0 Å². The molecule has 1 saturated heterocycles. The molecule has 2 rings (SSSR count). The molecule has 0 spiro atoms. The van der Waals surface area contributed by atoms with E-state index in [-0.39, 0.29) is 11.3 Å². The van der Waals surface area contributed by atoms with Crippen LogP contribution < -0.4 is 16.0 Å². The molecule has 3 N–H and O–H groups in total. The molecule has 0 aliphatic carbocycles. The Hall–Kier alpha value is -2.12. The van der Waals surface area contributed by atoms with E-state index in [4.69, 9.17) is 4.74 Å². The van der Waals surface area contributed by atoms with Crippen LogP contribution in [0.25, 0.3) is 0 Å². The lowest BCUT2D eigenvalue weighted by Crippen LogP contribution is -2.43. The minimum atomic E-state index is -0.364. The number of amides is 1. The molecule has 7 nitrogen and oxygen atoms in total. The maximum Gasteiger partial charge on any atom is 0.225 e. The highest BCUT2D eigenvalue weighted by molar-refractivity contribution is 5.81. The van der Waals surface area contributed by atoms with E-state index in [9.17, 15) is 4.79 Å². The molecule has 0 saturated carbocycles. The highest BCUT2D eigenvalue weighted by Gasteiger charge is 2.20. The van der Waals surface area contributed by atoms with Crippen molar-refractivity contribution in [1.82, 2.24) is 20.9 Å². The maximum atomic E-state index is 11.9. The molecular weight excluding hydrogens is 402 g/mol. The third-order valence-corrected chi connectivity index (χ3v) is 5.44. The van der Waals surface area contributed by atoms with Crippen LogP contribution in [0.15, 0.2) is 35.3 Å². The summed E-state index contributed by atoms with van der Waals surface area (Å²) in [5.74, 6) is 0.844. The van der Waals surface area contributed by atoms with Gasteiger partial charge in [-0.15, -0.1) is 0 Å². The first kappa shape index (κ1) is 26.1. The van der Waals surface area contributed by atoms with E-state index in [1.165, 1.54) is 5.56 Å². The molecule has 7 heteroatoms. The summed E-state index contributed by atoms with van der Waals surface area (Å²) in [6, 6.07) is 10.7. The van der Waals surface area contributed by atoms with E-state index in [0.29, 0.717) is 19.2 Å². The smallest absolute Gasteiger partial charge is 0.225 e. The van der Waals surface area contributed by atoms with Crippen molar-refractivity contribution < 1.29 is 9.53 Å². The number of aliphatic imine (C=N–C) groups is 1. The van der Waals surface area contributed by atoms with Gasteiger partial charge in [0.25, 0.3) is 0 Å². The predicted molar refractivity (Wildman–Crippen MR) is 132 cm³/mol. The van der Waals surface area contributed by atoms with Crippen LogP contribution in [0.1, 0.15) is 52.5 Å². The lowest BCUT2D eigenvalue weighted by atomic mass is 9.96. The first-order valence-electron chi connectivity index (χ1n) is 12.1. The Morgan fingerprint density at radius 1 is 1.09 bits per heavy atom. The fourth-order valence-electron chi connectivity index (χ4n) is 3.54. The van der Waals surface area contributed by atoms with E-state index < -0.39 is 0 Å². The van der Waals surface area contributed by atoms with Crippen LogP contribution in [0.2, 0.25) is 0 Å². The molecule has 1 aromatic rings. The Bertz CT molecular complexity index is 679. The first-order chi connectivity index (χ1) is 15.4. The zero-order chi connectivity index (χ0) is 23.2. The SMILES string of the molecule is CCNC(=NCCCOC1CCN(Cc2ccccc2)CC1)NCCNC(=O)C(C)(C)C. The van der Waals surface area contributed by atoms with Gasteiger partial charge >= 0.3 is 0 Å². The summed E-state index contributed by atoms with van der Waals surface area (Å²) in [6.45, 7) is 14.5. The molecule has 0 unspecified atom stereocenters. The molecule has 1 aliphatic rings. The number of piperidine rings is 1. The highest BCUT2D eigenvalue weighted by Crippen LogP contribution is 2.16. The second kappa shape index (κ2) is 14.1. The topological polar surface area (TPSA) is 78.0 Å². The van der Waals surface area contributed by atoms with E-state index in [2.05, 4.69) is 56.2 Å². The number of benzene rings is 1. The zero-order valence-electron chi connectivity index (χ0n) is 20.5. The lowest BCUT2D eigenvalue weighted by molar-refractivity contribution is -0.128. The largest absolute Gasteiger partial charge is 0.378 e. The monoisotopic (exact) mass is 445 g/mol. The molecule has 0 radical (unpaired) electrons. The Kier molecular flexibility index (Phi) is 11.5. The number of nitrogens with one attached hydrogen (secondary N) is 3. The van der Waals surface area contributed by atoms with Gasteiger partial charge in [0.1, 0.15) is 0 Å².